The molecule has 14 heavy (non-hydrogen) atoms. The largest absolute Gasteiger partial charge is 0.395 e. The molecule has 0 amide bonds. The molecule has 0 aromatic rings. The molecule has 0 spiro atoms. The van der Waals surface area contributed by atoms with Crippen molar-refractivity contribution >= 4 is 11.8 Å². The van der Waals surface area contributed by atoms with Gasteiger partial charge in [-0.1, -0.05) is 19.3 Å². The SMILES string of the molecule is CSC(CO)C(C)NC1CCCCC1. The maximum absolute atomic E-state index is 9.17. The third-order valence-electron chi connectivity index (χ3n) is 3.14. The Morgan fingerprint density at radius 2 is 2.00 bits per heavy atom. The predicted molar refractivity (Wildman–Crippen MR) is 63.9 cm³/mol. The van der Waals surface area contributed by atoms with Crippen molar-refractivity contribution in [2.45, 2.75) is 56.4 Å². The van der Waals surface area contributed by atoms with E-state index in [0.717, 1.165) is 0 Å². The van der Waals surface area contributed by atoms with Gasteiger partial charge in [-0.05, 0) is 26.0 Å². The smallest absolute Gasteiger partial charge is 0.0564 e. The van der Waals surface area contributed by atoms with E-state index in [4.69, 9.17) is 5.11 Å². The first-order valence-electron chi connectivity index (χ1n) is 5.67. The van der Waals surface area contributed by atoms with E-state index in [1.54, 1.807) is 11.8 Å². The molecular weight excluding hydrogens is 194 g/mol. The van der Waals surface area contributed by atoms with Gasteiger partial charge in [0.25, 0.3) is 0 Å². The first kappa shape index (κ1) is 12.3. The average Bonchev–Trinajstić information content (AvgIpc) is 2.21. The van der Waals surface area contributed by atoms with Gasteiger partial charge < -0.3 is 10.4 Å². The molecule has 0 saturated heterocycles. The first-order chi connectivity index (χ1) is 6.77. The maximum Gasteiger partial charge on any atom is 0.0564 e. The quantitative estimate of drug-likeness (QED) is 0.739. The normalized spacial score (nSPS) is 23.4. The van der Waals surface area contributed by atoms with Crippen LogP contribution in [0.5, 0.6) is 0 Å². The lowest BCUT2D eigenvalue weighted by atomic mass is 9.95. The van der Waals surface area contributed by atoms with Crippen molar-refractivity contribution < 1.29 is 5.11 Å². The number of aliphatic hydroxyl groups is 1. The summed E-state index contributed by atoms with van der Waals surface area (Å²) < 4.78 is 0. The highest BCUT2D eigenvalue weighted by molar-refractivity contribution is 7.99. The molecule has 0 heterocycles. The van der Waals surface area contributed by atoms with Gasteiger partial charge in [-0.15, -0.1) is 0 Å². The Hall–Kier alpha value is 0.270. The summed E-state index contributed by atoms with van der Waals surface area (Å²) in [5.74, 6) is 0. The minimum absolute atomic E-state index is 0.280. The maximum atomic E-state index is 9.17. The molecule has 2 N–H and O–H groups in total. The summed E-state index contributed by atoms with van der Waals surface area (Å²) in [6.07, 6.45) is 8.84. The van der Waals surface area contributed by atoms with Crippen LogP contribution in [0.3, 0.4) is 0 Å². The third-order valence-corrected chi connectivity index (χ3v) is 4.31. The van der Waals surface area contributed by atoms with E-state index in [0.29, 0.717) is 17.3 Å². The summed E-state index contributed by atoms with van der Waals surface area (Å²) in [6.45, 7) is 2.47. The molecule has 2 nitrogen and oxygen atoms in total. The predicted octanol–water partition coefficient (Wildman–Crippen LogP) is 2.02. The summed E-state index contributed by atoms with van der Waals surface area (Å²) in [7, 11) is 0. The van der Waals surface area contributed by atoms with Crippen LogP contribution in [0.25, 0.3) is 0 Å². The molecule has 0 aromatic carbocycles. The average molecular weight is 217 g/mol. The van der Waals surface area contributed by atoms with E-state index in [9.17, 15) is 0 Å². The Balaban J connectivity index is 2.26. The van der Waals surface area contributed by atoms with E-state index >= 15 is 0 Å². The van der Waals surface area contributed by atoms with Crippen LogP contribution in [-0.4, -0.2) is 35.3 Å². The van der Waals surface area contributed by atoms with Crippen LogP contribution in [-0.2, 0) is 0 Å². The van der Waals surface area contributed by atoms with E-state index in [-0.39, 0.29) is 6.61 Å². The van der Waals surface area contributed by atoms with Crippen LogP contribution in [0, 0.1) is 0 Å². The lowest BCUT2D eigenvalue weighted by Gasteiger charge is -2.29. The number of rotatable bonds is 5. The Kier molecular flexibility index (Phi) is 5.90. The fourth-order valence-corrected chi connectivity index (χ4v) is 2.82. The standard InChI is InChI=1S/C11H23NOS/c1-9(11(8-13)14-2)12-10-6-4-3-5-7-10/h9-13H,3-8H2,1-2H3. The van der Waals surface area contributed by atoms with E-state index in [1.165, 1.54) is 32.1 Å². The fraction of sp³-hybridized carbons (Fsp3) is 1.00. The van der Waals surface area contributed by atoms with Crippen LogP contribution < -0.4 is 5.32 Å². The van der Waals surface area contributed by atoms with Crippen molar-refractivity contribution in [3.63, 3.8) is 0 Å². The van der Waals surface area contributed by atoms with Crippen molar-refractivity contribution in [2.24, 2.45) is 0 Å². The number of nitrogens with one attached hydrogen (secondary N) is 1. The molecule has 1 saturated carbocycles. The lowest BCUT2D eigenvalue weighted by molar-refractivity contribution is 0.260. The van der Waals surface area contributed by atoms with Gasteiger partial charge in [0.1, 0.15) is 0 Å². The molecule has 1 fully saturated rings. The van der Waals surface area contributed by atoms with Crippen molar-refractivity contribution in [1.29, 1.82) is 0 Å². The monoisotopic (exact) mass is 217 g/mol. The van der Waals surface area contributed by atoms with Crippen molar-refractivity contribution in [3.05, 3.63) is 0 Å². The molecule has 0 radical (unpaired) electrons. The highest BCUT2D eigenvalue weighted by Crippen LogP contribution is 2.19. The first-order valence-corrected chi connectivity index (χ1v) is 6.96. The van der Waals surface area contributed by atoms with Crippen molar-refractivity contribution in [3.8, 4) is 0 Å². The highest BCUT2D eigenvalue weighted by Gasteiger charge is 2.20. The van der Waals surface area contributed by atoms with Crippen LogP contribution in [0.1, 0.15) is 39.0 Å². The second-order valence-electron chi connectivity index (χ2n) is 4.25. The summed E-state index contributed by atoms with van der Waals surface area (Å²) in [5.41, 5.74) is 0. The second kappa shape index (κ2) is 6.70. The van der Waals surface area contributed by atoms with Gasteiger partial charge in [0.05, 0.1) is 6.61 Å². The van der Waals surface area contributed by atoms with Gasteiger partial charge in [0.15, 0.2) is 0 Å². The summed E-state index contributed by atoms with van der Waals surface area (Å²) in [5, 5.41) is 13.1. The molecule has 1 aliphatic rings. The van der Waals surface area contributed by atoms with E-state index < -0.39 is 0 Å². The Morgan fingerprint density at radius 1 is 1.36 bits per heavy atom. The number of thioether (sulfide) groups is 1. The summed E-state index contributed by atoms with van der Waals surface area (Å²) in [4.78, 5) is 0. The summed E-state index contributed by atoms with van der Waals surface area (Å²) in [6, 6.07) is 1.12. The van der Waals surface area contributed by atoms with Crippen molar-refractivity contribution in [1.82, 2.24) is 5.32 Å². The lowest BCUT2D eigenvalue weighted by Crippen LogP contribution is -2.44. The van der Waals surface area contributed by atoms with Crippen LogP contribution in [0.15, 0.2) is 0 Å². The third kappa shape index (κ3) is 3.79. The summed E-state index contributed by atoms with van der Waals surface area (Å²) >= 11 is 1.75. The van der Waals surface area contributed by atoms with Gasteiger partial charge in [-0.25, -0.2) is 0 Å². The highest BCUT2D eigenvalue weighted by atomic mass is 32.2. The molecule has 84 valence electrons. The molecule has 0 aromatic heterocycles. The Morgan fingerprint density at radius 3 is 2.50 bits per heavy atom. The molecule has 3 heteroatoms. The fourth-order valence-electron chi connectivity index (χ4n) is 2.19. The van der Waals surface area contributed by atoms with E-state index in [1.807, 2.05) is 0 Å². The van der Waals surface area contributed by atoms with Crippen LogP contribution >= 0.6 is 11.8 Å². The van der Waals surface area contributed by atoms with Gasteiger partial charge in [0, 0.05) is 17.3 Å². The van der Waals surface area contributed by atoms with E-state index in [2.05, 4.69) is 18.5 Å². The zero-order valence-electron chi connectivity index (χ0n) is 9.33. The van der Waals surface area contributed by atoms with Crippen LogP contribution in [0.4, 0.5) is 0 Å². The minimum atomic E-state index is 0.280. The molecule has 1 rings (SSSR count). The Labute approximate surface area is 91.9 Å². The molecular formula is C11H23NOS. The van der Waals surface area contributed by atoms with Gasteiger partial charge >= 0.3 is 0 Å². The Bertz CT molecular complexity index is 144. The zero-order valence-corrected chi connectivity index (χ0v) is 10.1. The zero-order chi connectivity index (χ0) is 10.4. The molecule has 0 bridgehead atoms. The number of hydrogen-bond donors (Lipinski definition) is 2. The minimum Gasteiger partial charge on any atom is -0.395 e. The second-order valence-corrected chi connectivity index (χ2v) is 5.32. The van der Waals surface area contributed by atoms with Gasteiger partial charge in [0.2, 0.25) is 0 Å². The van der Waals surface area contributed by atoms with Gasteiger partial charge in [-0.3, -0.25) is 0 Å². The number of hydrogen-bond acceptors (Lipinski definition) is 3. The molecule has 2 atom stereocenters. The molecule has 1 aliphatic carbocycles. The molecule has 2 unspecified atom stereocenters. The van der Waals surface area contributed by atoms with Crippen LogP contribution in [0.2, 0.25) is 0 Å². The molecule has 0 aliphatic heterocycles. The van der Waals surface area contributed by atoms with Gasteiger partial charge in [-0.2, -0.15) is 11.8 Å². The number of aliphatic hydroxyl groups excluding tert-OH is 1. The van der Waals surface area contributed by atoms with Crippen molar-refractivity contribution in [2.75, 3.05) is 12.9 Å². The topological polar surface area (TPSA) is 32.3 Å².